The highest BCUT2D eigenvalue weighted by Gasteiger charge is 2.59. The molecule has 2 N–H and O–H groups in total. The average molecular weight is 397 g/mol. The molecule has 148 valence electrons. The van der Waals surface area contributed by atoms with Crippen LogP contribution < -0.4 is 10.6 Å². The minimum absolute atomic E-state index is 0.111. The van der Waals surface area contributed by atoms with Gasteiger partial charge in [-0.3, -0.25) is 19.6 Å². The summed E-state index contributed by atoms with van der Waals surface area (Å²) in [5.41, 5.74) is -0.967. The molecule has 2 fully saturated rings. The third-order valence-electron chi connectivity index (χ3n) is 4.82. The molecule has 11 heteroatoms. The fourth-order valence-electron chi connectivity index (χ4n) is 3.29. The van der Waals surface area contributed by atoms with E-state index in [4.69, 9.17) is 4.74 Å². The standard InChI is InChI=1S/C16H23N5O5S/c1-11(2)27(24,25)21-9-13(16(10-21)15(23)19-5-6-26-16)14(22)20-8-12-7-17-3-4-18-12/h3-4,7,11,13H,5-6,8-10H2,1-2H3,(H,19,23)(H,20,22)/t13-,16-/m1/s1. The zero-order valence-electron chi connectivity index (χ0n) is 15.2. The van der Waals surface area contributed by atoms with Gasteiger partial charge in [-0.1, -0.05) is 0 Å². The maximum atomic E-state index is 12.8. The van der Waals surface area contributed by atoms with Crippen molar-refractivity contribution in [3.05, 3.63) is 24.3 Å². The second-order valence-electron chi connectivity index (χ2n) is 6.85. The molecule has 1 aromatic heterocycles. The number of rotatable bonds is 5. The predicted molar refractivity (Wildman–Crippen MR) is 94.7 cm³/mol. The van der Waals surface area contributed by atoms with Gasteiger partial charge in [0.25, 0.3) is 5.91 Å². The normalized spacial score (nSPS) is 26.3. The van der Waals surface area contributed by atoms with Gasteiger partial charge < -0.3 is 15.4 Å². The lowest BCUT2D eigenvalue weighted by atomic mass is 9.88. The van der Waals surface area contributed by atoms with Crippen molar-refractivity contribution in [2.24, 2.45) is 5.92 Å². The molecule has 3 rings (SSSR count). The largest absolute Gasteiger partial charge is 0.361 e. The smallest absolute Gasteiger partial charge is 0.254 e. The van der Waals surface area contributed by atoms with Gasteiger partial charge in [-0.15, -0.1) is 0 Å². The molecule has 0 bridgehead atoms. The van der Waals surface area contributed by atoms with Crippen LogP contribution in [0, 0.1) is 5.92 Å². The van der Waals surface area contributed by atoms with Gasteiger partial charge in [0.2, 0.25) is 15.9 Å². The van der Waals surface area contributed by atoms with Gasteiger partial charge in [0.1, 0.15) is 0 Å². The van der Waals surface area contributed by atoms with E-state index in [-0.39, 0.29) is 26.2 Å². The van der Waals surface area contributed by atoms with Crippen LogP contribution in [0.2, 0.25) is 0 Å². The summed E-state index contributed by atoms with van der Waals surface area (Å²) in [6, 6.07) is 0. The van der Waals surface area contributed by atoms with Crippen molar-refractivity contribution in [1.82, 2.24) is 24.9 Å². The first kappa shape index (κ1) is 19.6. The van der Waals surface area contributed by atoms with Gasteiger partial charge >= 0.3 is 0 Å². The predicted octanol–water partition coefficient (Wildman–Crippen LogP) is -1.35. The molecule has 2 atom stereocenters. The molecule has 0 radical (unpaired) electrons. The molecule has 0 aromatic carbocycles. The van der Waals surface area contributed by atoms with Crippen LogP contribution in [0.15, 0.2) is 18.6 Å². The second-order valence-corrected chi connectivity index (χ2v) is 9.34. The Labute approximate surface area is 157 Å². The molecule has 0 aliphatic carbocycles. The molecule has 27 heavy (non-hydrogen) atoms. The summed E-state index contributed by atoms with van der Waals surface area (Å²) in [5, 5.41) is 4.73. The fourth-order valence-corrected chi connectivity index (χ4v) is 4.61. The molecule has 2 aliphatic rings. The molecule has 2 saturated heterocycles. The fraction of sp³-hybridized carbons (Fsp3) is 0.625. The van der Waals surface area contributed by atoms with E-state index in [9.17, 15) is 18.0 Å². The molecule has 2 amide bonds. The summed E-state index contributed by atoms with van der Waals surface area (Å²) in [7, 11) is -3.64. The van der Waals surface area contributed by atoms with E-state index < -0.39 is 38.6 Å². The first-order chi connectivity index (χ1) is 12.8. The van der Waals surface area contributed by atoms with E-state index in [1.807, 2.05) is 0 Å². The Morgan fingerprint density at radius 3 is 2.89 bits per heavy atom. The van der Waals surface area contributed by atoms with Crippen LogP contribution in [0.3, 0.4) is 0 Å². The number of morpholine rings is 1. The number of nitrogens with zero attached hydrogens (tertiary/aromatic N) is 3. The summed E-state index contributed by atoms with van der Waals surface area (Å²) in [4.78, 5) is 33.4. The summed E-state index contributed by atoms with van der Waals surface area (Å²) < 4.78 is 32.1. The van der Waals surface area contributed by atoms with E-state index >= 15 is 0 Å². The number of hydrogen-bond acceptors (Lipinski definition) is 7. The number of ether oxygens (including phenoxy) is 1. The number of carbonyl (C=O) groups excluding carboxylic acids is 2. The van der Waals surface area contributed by atoms with Crippen LogP contribution in [0.5, 0.6) is 0 Å². The zero-order chi connectivity index (χ0) is 19.7. The minimum Gasteiger partial charge on any atom is -0.361 e. The van der Waals surface area contributed by atoms with Crippen LogP contribution in [0.4, 0.5) is 0 Å². The van der Waals surface area contributed by atoms with Crippen molar-refractivity contribution in [3.8, 4) is 0 Å². The quantitative estimate of drug-likeness (QED) is 0.628. The maximum Gasteiger partial charge on any atom is 0.254 e. The monoisotopic (exact) mass is 397 g/mol. The Hall–Kier alpha value is -2.11. The molecular weight excluding hydrogens is 374 g/mol. The number of hydrogen-bond donors (Lipinski definition) is 2. The van der Waals surface area contributed by atoms with E-state index in [1.54, 1.807) is 13.8 Å². The molecule has 0 saturated carbocycles. The van der Waals surface area contributed by atoms with Gasteiger partial charge in [-0.25, -0.2) is 8.42 Å². The van der Waals surface area contributed by atoms with Crippen molar-refractivity contribution < 1.29 is 22.7 Å². The lowest BCUT2D eigenvalue weighted by Crippen LogP contribution is -2.62. The molecule has 2 aliphatic heterocycles. The summed E-state index contributed by atoms with van der Waals surface area (Å²) in [6.07, 6.45) is 4.55. The van der Waals surface area contributed by atoms with Crippen molar-refractivity contribution >= 4 is 21.8 Å². The summed E-state index contributed by atoms with van der Waals surface area (Å²) in [6.45, 7) is 3.50. The van der Waals surface area contributed by atoms with Gasteiger partial charge in [0.15, 0.2) is 5.60 Å². The molecule has 0 unspecified atom stereocenters. The van der Waals surface area contributed by atoms with Gasteiger partial charge in [-0.2, -0.15) is 4.31 Å². The van der Waals surface area contributed by atoms with Gasteiger partial charge in [0.05, 0.1) is 42.8 Å². The number of nitrogens with one attached hydrogen (secondary N) is 2. The minimum atomic E-state index is -3.64. The molecular formula is C16H23N5O5S. The topological polar surface area (TPSA) is 131 Å². The van der Waals surface area contributed by atoms with Crippen LogP contribution in [0.1, 0.15) is 19.5 Å². The van der Waals surface area contributed by atoms with Gasteiger partial charge in [0, 0.05) is 25.5 Å². The highest BCUT2D eigenvalue weighted by molar-refractivity contribution is 7.89. The third kappa shape index (κ3) is 3.66. The number of amides is 2. The van der Waals surface area contributed by atoms with E-state index in [0.29, 0.717) is 12.2 Å². The Bertz CT molecular complexity index is 816. The Morgan fingerprint density at radius 2 is 2.26 bits per heavy atom. The van der Waals surface area contributed by atoms with E-state index in [1.165, 1.54) is 22.9 Å². The highest BCUT2D eigenvalue weighted by Crippen LogP contribution is 2.35. The van der Waals surface area contributed by atoms with E-state index in [0.717, 1.165) is 0 Å². The number of carbonyl (C=O) groups is 2. The lowest BCUT2D eigenvalue weighted by Gasteiger charge is -2.36. The molecule has 1 aromatic rings. The van der Waals surface area contributed by atoms with Gasteiger partial charge in [-0.05, 0) is 13.8 Å². The SMILES string of the molecule is CC(C)S(=O)(=O)N1C[C@H](C(=O)NCc2cnccn2)[C@@]2(C1)OCCNC2=O. The third-order valence-corrected chi connectivity index (χ3v) is 7.01. The van der Waals surface area contributed by atoms with Crippen LogP contribution in [-0.2, 0) is 30.9 Å². The number of aromatic nitrogens is 2. The number of sulfonamides is 1. The average Bonchev–Trinajstić information content (AvgIpc) is 3.04. The van der Waals surface area contributed by atoms with Crippen molar-refractivity contribution in [3.63, 3.8) is 0 Å². The first-order valence-corrected chi connectivity index (χ1v) is 10.2. The Balaban J connectivity index is 1.83. The van der Waals surface area contributed by atoms with Crippen LogP contribution in [-0.4, -0.2) is 71.6 Å². The molecule has 1 spiro atoms. The summed E-state index contributed by atoms with van der Waals surface area (Å²) >= 11 is 0. The maximum absolute atomic E-state index is 12.8. The molecule has 10 nitrogen and oxygen atoms in total. The van der Waals surface area contributed by atoms with Crippen LogP contribution in [0.25, 0.3) is 0 Å². The zero-order valence-corrected chi connectivity index (χ0v) is 16.0. The van der Waals surface area contributed by atoms with Crippen LogP contribution >= 0.6 is 0 Å². The summed E-state index contributed by atoms with van der Waals surface area (Å²) in [5.74, 6) is -1.88. The van der Waals surface area contributed by atoms with Crippen molar-refractivity contribution in [2.45, 2.75) is 31.2 Å². The first-order valence-electron chi connectivity index (χ1n) is 8.71. The highest BCUT2D eigenvalue weighted by atomic mass is 32.2. The van der Waals surface area contributed by atoms with E-state index in [2.05, 4.69) is 20.6 Å². The van der Waals surface area contributed by atoms with Crippen molar-refractivity contribution in [2.75, 3.05) is 26.2 Å². The second kappa shape index (κ2) is 7.49. The Kier molecular flexibility index (Phi) is 5.45. The molecule has 3 heterocycles. The lowest BCUT2D eigenvalue weighted by molar-refractivity contribution is -0.163. The van der Waals surface area contributed by atoms with Crippen molar-refractivity contribution in [1.29, 1.82) is 0 Å². The Morgan fingerprint density at radius 1 is 1.48 bits per heavy atom.